The molecule has 0 fully saturated rings. The minimum absolute atomic E-state index is 0.177. The zero-order valence-electron chi connectivity index (χ0n) is 14.9. The maximum Gasteiger partial charge on any atom is 0.306 e. The highest BCUT2D eigenvalue weighted by molar-refractivity contribution is 5.68. The molecule has 0 heterocycles. The third-order valence-corrected chi connectivity index (χ3v) is 3.68. The lowest BCUT2D eigenvalue weighted by atomic mass is 9.98. The molecular weight excluding hydrogens is 304 g/mol. The van der Waals surface area contributed by atoms with Gasteiger partial charge in [-0.1, -0.05) is 60.7 Å². The van der Waals surface area contributed by atoms with Gasteiger partial charge in [0.05, 0.1) is 26.6 Å². The fourth-order valence-corrected chi connectivity index (χ4v) is 2.30. The minimum atomic E-state index is -0.967. The number of carboxylic acids is 1. The van der Waals surface area contributed by atoms with Gasteiger partial charge in [-0.2, -0.15) is 0 Å². The van der Waals surface area contributed by atoms with Crippen LogP contribution in [0.25, 0.3) is 0 Å². The molecule has 4 heteroatoms. The van der Waals surface area contributed by atoms with Gasteiger partial charge in [-0.3, -0.25) is 4.79 Å². The predicted molar refractivity (Wildman–Crippen MR) is 92.6 cm³/mol. The Balaban J connectivity index is 1.91. The Kier molecular flexibility index (Phi) is 6.40. The number of rotatable bonds is 10. The van der Waals surface area contributed by atoms with E-state index in [0.29, 0.717) is 13.2 Å². The van der Waals surface area contributed by atoms with E-state index in [1.807, 2.05) is 60.7 Å². The van der Waals surface area contributed by atoms with E-state index in [0.717, 1.165) is 11.1 Å². The van der Waals surface area contributed by atoms with Gasteiger partial charge in [-0.25, -0.2) is 0 Å². The maximum absolute atomic E-state index is 11.2. The first-order valence-corrected chi connectivity index (χ1v) is 7.94. The summed E-state index contributed by atoms with van der Waals surface area (Å²) in [5, 5.41) is 9.19. The quantitative estimate of drug-likeness (QED) is 0.714. The minimum Gasteiger partial charge on any atom is -0.481 e. The number of carboxylic acid groups (broad SMARTS) is 1. The van der Waals surface area contributed by atoms with Crippen molar-refractivity contribution in [3.63, 3.8) is 0 Å². The molecule has 1 unspecified atom stereocenters. The largest absolute Gasteiger partial charge is 0.481 e. The zero-order chi connectivity index (χ0) is 18.1. The molecule has 24 heavy (non-hydrogen) atoms. The number of carbonyl (C=O) groups is 1. The van der Waals surface area contributed by atoms with Crippen LogP contribution in [0.1, 0.15) is 32.3 Å². The average Bonchev–Trinajstić information content (AvgIpc) is 2.59. The summed E-state index contributed by atoms with van der Waals surface area (Å²) in [5.41, 5.74) is 0.973. The van der Waals surface area contributed by atoms with Crippen LogP contribution < -0.4 is 0 Å². The summed E-state index contributed by atoms with van der Waals surface area (Å²) >= 11 is 0. The van der Waals surface area contributed by atoms with Gasteiger partial charge in [-0.15, -0.1) is 0 Å². The number of hydrogen-bond acceptors (Lipinski definition) is 3. The molecule has 0 amide bonds. The van der Waals surface area contributed by atoms with Crippen molar-refractivity contribution in [3.05, 3.63) is 71.8 Å². The third-order valence-electron chi connectivity index (χ3n) is 3.68. The van der Waals surface area contributed by atoms with Gasteiger partial charge in [0.2, 0.25) is 0 Å². The fourth-order valence-electron chi connectivity index (χ4n) is 2.30. The lowest BCUT2D eigenvalue weighted by Crippen LogP contribution is -2.33. The van der Waals surface area contributed by atoms with Gasteiger partial charge in [0.1, 0.15) is 0 Å². The van der Waals surface area contributed by atoms with Crippen molar-refractivity contribution in [2.45, 2.75) is 38.6 Å². The van der Waals surface area contributed by atoms with Gasteiger partial charge in [0.15, 0.2) is 0 Å². The van der Waals surface area contributed by atoms with Crippen LogP contribution in [0.5, 0.6) is 0 Å². The second-order valence-electron chi connectivity index (χ2n) is 5.96. The SMILES string of the molecule is [2H]C(C[C@](C)(CC(=O)O)OCc1ccccc1)OCc1ccccc1. The summed E-state index contributed by atoms with van der Waals surface area (Å²) in [5.74, 6) is -0.953. The average molecular weight is 329 g/mol. The Hall–Kier alpha value is -2.17. The first kappa shape index (κ1) is 16.7. The molecule has 2 aromatic carbocycles. The van der Waals surface area contributed by atoms with Crippen LogP contribution in [0.3, 0.4) is 0 Å². The van der Waals surface area contributed by atoms with E-state index in [2.05, 4.69) is 0 Å². The molecule has 2 aromatic rings. The molecule has 128 valence electrons. The van der Waals surface area contributed by atoms with Gasteiger partial charge in [-0.05, 0) is 18.1 Å². The van der Waals surface area contributed by atoms with E-state index in [1.54, 1.807) is 6.92 Å². The highest BCUT2D eigenvalue weighted by Crippen LogP contribution is 2.22. The third kappa shape index (κ3) is 6.52. The summed E-state index contributed by atoms with van der Waals surface area (Å²) < 4.78 is 19.5. The normalized spacial score (nSPS) is 15.3. The summed E-state index contributed by atoms with van der Waals surface area (Å²) in [4.78, 5) is 11.2. The van der Waals surface area contributed by atoms with Crippen molar-refractivity contribution in [3.8, 4) is 0 Å². The molecule has 0 radical (unpaired) electrons. The molecule has 2 rings (SSSR count). The number of benzene rings is 2. The molecule has 4 nitrogen and oxygen atoms in total. The molecule has 0 spiro atoms. The van der Waals surface area contributed by atoms with E-state index < -0.39 is 18.2 Å². The number of hydrogen-bond donors (Lipinski definition) is 1. The first-order valence-electron chi connectivity index (χ1n) is 8.52. The molecule has 2 atom stereocenters. The van der Waals surface area contributed by atoms with Crippen molar-refractivity contribution in [2.75, 3.05) is 6.58 Å². The molecule has 0 aliphatic rings. The van der Waals surface area contributed by atoms with Crippen LogP contribution in [-0.4, -0.2) is 23.3 Å². The molecule has 0 aliphatic carbocycles. The van der Waals surface area contributed by atoms with E-state index in [-0.39, 0.29) is 12.8 Å². The predicted octanol–water partition coefficient (Wildman–Crippen LogP) is 4.04. The van der Waals surface area contributed by atoms with Crippen molar-refractivity contribution in [1.29, 1.82) is 0 Å². The summed E-state index contributed by atoms with van der Waals surface area (Å²) in [6.07, 6.45) is 0.00285. The summed E-state index contributed by atoms with van der Waals surface area (Å²) in [6.45, 7) is 1.48. The second kappa shape index (κ2) is 9.21. The molecular formula is C20H24O4. The Morgan fingerprint density at radius 2 is 1.58 bits per heavy atom. The summed E-state index contributed by atoms with van der Waals surface area (Å²) in [6, 6.07) is 19.2. The van der Waals surface area contributed by atoms with E-state index in [4.69, 9.17) is 10.8 Å². The lowest BCUT2D eigenvalue weighted by molar-refractivity contribution is -0.147. The Morgan fingerprint density at radius 3 is 2.12 bits per heavy atom. The van der Waals surface area contributed by atoms with Crippen molar-refractivity contribution >= 4 is 5.97 Å². The van der Waals surface area contributed by atoms with Gasteiger partial charge < -0.3 is 14.6 Å². The van der Waals surface area contributed by atoms with Crippen LogP contribution in [0.4, 0.5) is 0 Å². The van der Waals surface area contributed by atoms with Gasteiger partial charge in [0, 0.05) is 13.0 Å². The van der Waals surface area contributed by atoms with Crippen LogP contribution in [0.2, 0.25) is 0 Å². The smallest absolute Gasteiger partial charge is 0.306 e. The zero-order valence-corrected chi connectivity index (χ0v) is 13.9. The van der Waals surface area contributed by atoms with Gasteiger partial charge in [0.25, 0.3) is 0 Å². The Bertz CT molecular complexity index is 647. The Morgan fingerprint density at radius 1 is 1.04 bits per heavy atom. The topological polar surface area (TPSA) is 55.8 Å². The van der Waals surface area contributed by atoms with Crippen LogP contribution in [0.15, 0.2) is 60.7 Å². The van der Waals surface area contributed by atoms with E-state index in [1.165, 1.54) is 0 Å². The van der Waals surface area contributed by atoms with E-state index >= 15 is 0 Å². The monoisotopic (exact) mass is 329 g/mol. The molecule has 0 aromatic heterocycles. The van der Waals surface area contributed by atoms with Crippen molar-refractivity contribution in [1.82, 2.24) is 0 Å². The molecule has 0 bridgehead atoms. The number of aliphatic carboxylic acids is 1. The Labute approximate surface area is 144 Å². The second-order valence-corrected chi connectivity index (χ2v) is 5.96. The summed E-state index contributed by atoms with van der Waals surface area (Å²) in [7, 11) is 0. The van der Waals surface area contributed by atoms with Crippen molar-refractivity contribution in [2.24, 2.45) is 0 Å². The van der Waals surface area contributed by atoms with Crippen LogP contribution in [-0.2, 0) is 27.5 Å². The first-order chi connectivity index (χ1) is 12.0. The molecule has 0 saturated carbocycles. The fraction of sp³-hybridized carbons (Fsp3) is 0.350. The van der Waals surface area contributed by atoms with Crippen molar-refractivity contribution < 1.29 is 20.7 Å². The molecule has 0 saturated heterocycles. The molecule has 0 aliphatic heterocycles. The highest BCUT2D eigenvalue weighted by atomic mass is 16.5. The molecule has 1 N–H and O–H groups in total. The van der Waals surface area contributed by atoms with Crippen LogP contribution in [0, 0.1) is 0 Å². The highest BCUT2D eigenvalue weighted by Gasteiger charge is 2.28. The van der Waals surface area contributed by atoms with Crippen LogP contribution >= 0.6 is 0 Å². The lowest BCUT2D eigenvalue weighted by Gasteiger charge is -2.28. The number of ether oxygens (including phenoxy) is 2. The standard InChI is InChI=1S/C20H24O4/c1-20(14-19(21)22,24-16-18-10-6-3-7-11-18)12-13-23-15-17-8-4-2-5-9-17/h2-11H,12-16H2,1H3,(H,21,22)/t20-/m1/s1/i13D/t13?,20-. The van der Waals surface area contributed by atoms with E-state index in [9.17, 15) is 9.90 Å². The van der Waals surface area contributed by atoms with Gasteiger partial charge >= 0.3 is 5.97 Å². The maximum atomic E-state index is 11.2.